The molecule has 0 bridgehead atoms. The number of methoxy groups -OCH3 is 1. The van der Waals surface area contributed by atoms with Gasteiger partial charge >= 0.3 is 0 Å². The van der Waals surface area contributed by atoms with Crippen molar-refractivity contribution in [2.45, 2.75) is 18.9 Å². The highest BCUT2D eigenvalue weighted by molar-refractivity contribution is 5.27. The SMILES string of the molecule is COc1cc(OC2CC2)cc(F)n1. The van der Waals surface area contributed by atoms with Gasteiger partial charge in [-0.3, -0.25) is 0 Å². The van der Waals surface area contributed by atoms with E-state index < -0.39 is 5.95 Å². The van der Waals surface area contributed by atoms with Crippen LogP contribution in [0.1, 0.15) is 12.8 Å². The van der Waals surface area contributed by atoms with E-state index in [9.17, 15) is 4.39 Å². The summed E-state index contributed by atoms with van der Waals surface area (Å²) >= 11 is 0. The molecule has 0 atom stereocenters. The Labute approximate surface area is 75.5 Å². The van der Waals surface area contributed by atoms with Gasteiger partial charge in [0, 0.05) is 12.1 Å². The highest BCUT2D eigenvalue weighted by atomic mass is 19.1. The molecule has 2 rings (SSSR count). The van der Waals surface area contributed by atoms with Gasteiger partial charge in [0.15, 0.2) is 0 Å². The Kier molecular flexibility index (Phi) is 2.04. The van der Waals surface area contributed by atoms with Crippen LogP contribution in [0.15, 0.2) is 12.1 Å². The molecule has 4 heteroatoms. The zero-order valence-electron chi connectivity index (χ0n) is 7.29. The van der Waals surface area contributed by atoms with Crippen molar-refractivity contribution in [1.29, 1.82) is 0 Å². The van der Waals surface area contributed by atoms with Crippen molar-refractivity contribution in [3.63, 3.8) is 0 Å². The van der Waals surface area contributed by atoms with Crippen LogP contribution in [-0.2, 0) is 0 Å². The molecule has 0 unspecified atom stereocenters. The zero-order valence-corrected chi connectivity index (χ0v) is 7.29. The molecule has 1 heterocycles. The Morgan fingerprint density at radius 3 is 2.85 bits per heavy atom. The third-order valence-corrected chi connectivity index (χ3v) is 1.78. The second kappa shape index (κ2) is 3.20. The van der Waals surface area contributed by atoms with Crippen molar-refractivity contribution >= 4 is 0 Å². The maximum Gasteiger partial charge on any atom is 0.219 e. The second-order valence-corrected chi connectivity index (χ2v) is 2.99. The van der Waals surface area contributed by atoms with Gasteiger partial charge in [-0.25, -0.2) is 0 Å². The molecule has 1 aromatic rings. The van der Waals surface area contributed by atoms with Crippen molar-refractivity contribution in [2.24, 2.45) is 0 Å². The number of halogens is 1. The van der Waals surface area contributed by atoms with Gasteiger partial charge in [-0.2, -0.15) is 9.37 Å². The largest absolute Gasteiger partial charge is 0.490 e. The summed E-state index contributed by atoms with van der Waals surface area (Å²) in [6.45, 7) is 0. The molecule has 13 heavy (non-hydrogen) atoms. The van der Waals surface area contributed by atoms with Gasteiger partial charge in [-0.15, -0.1) is 0 Å². The summed E-state index contributed by atoms with van der Waals surface area (Å²) < 4.78 is 23.0. The third kappa shape index (κ3) is 2.08. The zero-order chi connectivity index (χ0) is 9.26. The standard InChI is InChI=1S/C9H10FNO2/c1-12-9-5-7(4-8(10)11-9)13-6-2-3-6/h4-6H,2-3H2,1H3. The molecule has 1 aliphatic rings. The predicted molar refractivity (Wildman–Crippen MR) is 44.4 cm³/mol. The minimum atomic E-state index is -0.574. The molecule has 1 aliphatic carbocycles. The highest BCUT2D eigenvalue weighted by Crippen LogP contribution is 2.28. The van der Waals surface area contributed by atoms with Crippen molar-refractivity contribution in [3.05, 3.63) is 18.1 Å². The lowest BCUT2D eigenvalue weighted by Gasteiger charge is -2.05. The van der Waals surface area contributed by atoms with E-state index in [1.807, 2.05) is 0 Å². The molecular weight excluding hydrogens is 173 g/mol. The number of aromatic nitrogens is 1. The van der Waals surface area contributed by atoms with Gasteiger partial charge < -0.3 is 9.47 Å². The van der Waals surface area contributed by atoms with Crippen LogP contribution in [0.25, 0.3) is 0 Å². The first-order valence-corrected chi connectivity index (χ1v) is 4.16. The lowest BCUT2D eigenvalue weighted by atomic mass is 10.4. The molecule has 70 valence electrons. The molecule has 0 saturated heterocycles. The molecule has 1 aromatic heterocycles. The minimum Gasteiger partial charge on any atom is -0.490 e. The highest BCUT2D eigenvalue weighted by Gasteiger charge is 2.23. The maximum atomic E-state index is 12.8. The fourth-order valence-electron chi connectivity index (χ4n) is 1.00. The maximum absolute atomic E-state index is 12.8. The van der Waals surface area contributed by atoms with Gasteiger partial charge in [-0.1, -0.05) is 0 Å². The van der Waals surface area contributed by atoms with Crippen molar-refractivity contribution in [2.75, 3.05) is 7.11 Å². The van der Waals surface area contributed by atoms with E-state index in [0.717, 1.165) is 12.8 Å². The summed E-state index contributed by atoms with van der Waals surface area (Å²) in [5.74, 6) is 0.164. The smallest absolute Gasteiger partial charge is 0.219 e. The summed E-state index contributed by atoms with van der Waals surface area (Å²) in [6.07, 6.45) is 2.35. The first-order chi connectivity index (χ1) is 6.28. The topological polar surface area (TPSA) is 31.4 Å². The summed E-state index contributed by atoms with van der Waals surface area (Å²) in [6, 6.07) is 2.85. The molecular formula is C9H10FNO2. The van der Waals surface area contributed by atoms with Crippen LogP contribution >= 0.6 is 0 Å². The Bertz CT molecular complexity index is 312. The van der Waals surface area contributed by atoms with E-state index in [-0.39, 0.29) is 12.0 Å². The summed E-state index contributed by atoms with van der Waals surface area (Å²) in [5, 5.41) is 0. The van der Waals surface area contributed by atoms with Gasteiger partial charge in [0.2, 0.25) is 11.8 Å². The molecule has 0 spiro atoms. The van der Waals surface area contributed by atoms with Crippen LogP contribution in [0.2, 0.25) is 0 Å². The molecule has 3 nitrogen and oxygen atoms in total. The fraction of sp³-hybridized carbons (Fsp3) is 0.444. The number of pyridine rings is 1. The van der Waals surface area contributed by atoms with E-state index in [4.69, 9.17) is 9.47 Å². The molecule has 0 aliphatic heterocycles. The molecule has 1 fully saturated rings. The van der Waals surface area contributed by atoms with Crippen LogP contribution < -0.4 is 9.47 Å². The monoisotopic (exact) mass is 183 g/mol. The lowest BCUT2D eigenvalue weighted by Crippen LogP contribution is -1.98. The fourth-order valence-corrected chi connectivity index (χ4v) is 1.00. The quantitative estimate of drug-likeness (QED) is 0.669. The van der Waals surface area contributed by atoms with Crippen LogP contribution in [0.5, 0.6) is 11.6 Å². The van der Waals surface area contributed by atoms with E-state index in [1.54, 1.807) is 6.07 Å². The number of hydrogen-bond donors (Lipinski definition) is 0. The summed E-state index contributed by atoms with van der Waals surface area (Å²) in [7, 11) is 1.45. The Morgan fingerprint density at radius 2 is 2.23 bits per heavy atom. The summed E-state index contributed by atoms with van der Waals surface area (Å²) in [5.41, 5.74) is 0. The van der Waals surface area contributed by atoms with E-state index in [0.29, 0.717) is 5.75 Å². The number of ether oxygens (including phenoxy) is 2. The molecule has 0 N–H and O–H groups in total. The second-order valence-electron chi connectivity index (χ2n) is 2.99. The van der Waals surface area contributed by atoms with Gasteiger partial charge in [-0.05, 0) is 12.8 Å². The van der Waals surface area contributed by atoms with E-state index in [2.05, 4.69) is 4.98 Å². The van der Waals surface area contributed by atoms with Crippen molar-refractivity contribution in [3.8, 4) is 11.6 Å². The average molecular weight is 183 g/mol. The van der Waals surface area contributed by atoms with E-state index in [1.165, 1.54) is 13.2 Å². The van der Waals surface area contributed by atoms with Crippen LogP contribution in [0.4, 0.5) is 4.39 Å². The lowest BCUT2D eigenvalue weighted by molar-refractivity contribution is 0.296. The molecule has 0 aromatic carbocycles. The predicted octanol–water partition coefficient (Wildman–Crippen LogP) is 1.77. The minimum absolute atomic E-state index is 0.246. The Balaban J connectivity index is 2.17. The number of hydrogen-bond acceptors (Lipinski definition) is 3. The van der Waals surface area contributed by atoms with Gasteiger partial charge in [0.25, 0.3) is 0 Å². The van der Waals surface area contributed by atoms with Crippen LogP contribution in [0.3, 0.4) is 0 Å². The third-order valence-electron chi connectivity index (χ3n) is 1.78. The van der Waals surface area contributed by atoms with Crippen LogP contribution in [0, 0.1) is 5.95 Å². The molecule has 0 amide bonds. The van der Waals surface area contributed by atoms with Crippen molar-refractivity contribution in [1.82, 2.24) is 4.98 Å². The van der Waals surface area contributed by atoms with Crippen LogP contribution in [-0.4, -0.2) is 18.2 Å². The number of nitrogens with zero attached hydrogens (tertiary/aromatic N) is 1. The first-order valence-electron chi connectivity index (χ1n) is 4.16. The number of rotatable bonds is 3. The van der Waals surface area contributed by atoms with Gasteiger partial charge in [0.1, 0.15) is 5.75 Å². The van der Waals surface area contributed by atoms with Crippen molar-refractivity contribution < 1.29 is 13.9 Å². The Hall–Kier alpha value is -1.32. The average Bonchev–Trinajstić information content (AvgIpc) is 2.87. The molecule has 1 saturated carbocycles. The first kappa shape index (κ1) is 8.29. The van der Waals surface area contributed by atoms with Gasteiger partial charge in [0.05, 0.1) is 13.2 Å². The Morgan fingerprint density at radius 1 is 1.46 bits per heavy atom. The molecule has 0 radical (unpaired) electrons. The summed E-state index contributed by atoms with van der Waals surface area (Å²) in [4.78, 5) is 3.51. The normalized spacial score (nSPS) is 15.5. The van der Waals surface area contributed by atoms with E-state index >= 15 is 0 Å².